The Morgan fingerprint density at radius 2 is 1.96 bits per heavy atom. The third kappa shape index (κ3) is 3.03. The van der Waals surface area contributed by atoms with E-state index in [0.29, 0.717) is 11.7 Å². The highest BCUT2D eigenvalue weighted by atomic mass is 32.1. The lowest BCUT2D eigenvalue weighted by atomic mass is 10.2. The molecule has 23 heavy (non-hydrogen) atoms. The molecule has 0 aliphatic carbocycles. The summed E-state index contributed by atoms with van der Waals surface area (Å²) in [5.41, 5.74) is 1.68. The van der Waals surface area contributed by atoms with Crippen LogP contribution in [0.25, 0.3) is 10.6 Å². The van der Waals surface area contributed by atoms with E-state index in [1.165, 1.54) is 19.4 Å². The number of carbonyl (C=O) groups excluding carboxylic acids is 1. The van der Waals surface area contributed by atoms with E-state index in [1.54, 1.807) is 11.3 Å². The van der Waals surface area contributed by atoms with Crippen molar-refractivity contribution < 1.29 is 4.79 Å². The molecule has 5 heteroatoms. The molecule has 4 nitrogen and oxygen atoms in total. The van der Waals surface area contributed by atoms with Gasteiger partial charge in [-0.15, -0.1) is 11.3 Å². The maximum absolute atomic E-state index is 12.8. The third-order valence-corrected chi connectivity index (χ3v) is 5.73. The van der Waals surface area contributed by atoms with Gasteiger partial charge in [0.15, 0.2) is 0 Å². The van der Waals surface area contributed by atoms with E-state index in [2.05, 4.69) is 9.88 Å². The van der Waals surface area contributed by atoms with Crippen LogP contribution < -0.4 is 0 Å². The number of hydrogen-bond acceptors (Lipinski definition) is 4. The SMILES string of the molecule is O=C(c1csc(-c2ccccc2)n1)N1CCCN2CCCC2C1. The van der Waals surface area contributed by atoms with Gasteiger partial charge in [-0.05, 0) is 25.8 Å². The van der Waals surface area contributed by atoms with Gasteiger partial charge in [0.2, 0.25) is 0 Å². The molecular weight excluding hydrogens is 306 g/mol. The molecule has 2 aromatic rings. The van der Waals surface area contributed by atoms with Gasteiger partial charge in [-0.3, -0.25) is 9.69 Å². The third-order valence-electron chi connectivity index (χ3n) is 4.83. The van der Waals surface area contributed by atoms with E-state index in [9.17, 15) is 4.79 Å². The zero-order valence-electron chi connectivity index (χ0n) is 13.1. The summed E-state index contributed by atoms with van der Waals surface area (Å²) < 4.78 is 0. The van der Waals surface area contributed by atoms with Gasteiger partial charge in [0.1, 0.15) is 10.7 Å². The Morgan fingerprint density at radius 1 is 1.13 bits per heavy atom. The summed E-state index contributed by atoms with van der Waals surface area (Å²) in [7, 11) is 0. The van der Waals surface area contributed by atoms with Crippen LogP contribution in [-0.4, -0.2) is 52.9 Å². The quantitative estimate of drug-likeness (QED) is 0.850. The minimum absolute atomic E-state index is 0.0946. The Labute approximate surface area is 140 Å². The fourth-order valence-electron chi connectivity index (χ4n) is 3.64. The fourth-order valence-corrected chi connectivity index (χ4v) is 4.44. The monoisotopic (exact) mass is 327 g/mol. The molecular formula is C18H21N3OS. The maximum atomic E-state index is 12.8. The molecule has 2 aliphatic rings. The molecule has 1 aromatic carbocycles. The van der Waals surface area contributed by atoms with Gasteiger partial charge in [0, 0.05) is 36.6 Å². The molecule has 1 atom stereocenters. The van der Waals surface area contributed by atoms with Crippen molar-refractivity contribution >= 4 is 17.2 Å². The molecule has 0 saturated carbocycles. The van der Waals surface area contributed by atoms with Crippen LogP contribution in [0.15, 0.2) is 35.7 Å². The zero-order chi connectivity index (χ0) is 15.6. The van der Waals surface area contributed by atoms with Gasteiger partial charge >= 0.3 is 0 Å². The van der Waals surface area contributed by atoms with E-state index < -0.39 is 0 Å². The van der Waals surface area contributed by atoms with Gasteiger partial charge in [-0.1, -0.05) is 30.3 Å². The molecule has 2 saturated heterocycles. The van der Waals surface area contributed by atoms with Crippen molar-refractivity contribution in [3.8, 4) is 10.6 Å². The summed E-state index contributed by atoms with van der Waals surface area (Å²) in [5.74, 6) is 0.0946. The minimum Gasteiger partial charge on any atom is -0.336 e. The average molecular weight is 327 g/mol. The second-order valence-electron chi connectivity index (χ2n) is 6.34. The molecule has 0 spiro atoms. The predicted octanol–water partition coefficient (Wildman–Crippen LogP) is 3.12. The maximum Gasteiger partial charge on any atom is 0.273 e. The molecule has 2 aliphatic heterocycles. The average Bonchev–Trinajstić information content (AvgIpc) is 3.20. The summed E-state index contributed by atoms with van der Waals surface area (Å²) >= 11 is 1.55. The first kappa shape index (κ1) is 14.8. The van der Waals surface area contributed by atoms with Crippen LogP contribution in [-0.2, 0) is 0 Å². The lowest BCUT2D eigenvalue weighted by Gasteiger charge is -2.25. The van der Waals surface area contributed by atoms with Gasteiger partial charge in [0.05, 0.1) is 0 Å². The van der Waals surface area contributed by atoms with Crippen molar-refractivity contribution in [1.29, 1.82) is 0 Å². The fraction of sp³-hybridized carbons (Fsp3) is 0.444. The summed E-state index contributed by atoms with van der Waals surface area (Å²) in [4.78, 5) is 22.0. The van der Waals surface area contributed by atoms with Crippen LogP contribution in [0.5, 0.6) is 0 Å². The van der Waals surface area contributed by atoms with Gasteiger partial charge < -0.3 is 4.90 Å². The molecule has 120 valence electrons. The Kier molecular flexibility index (Phi) is 4.14. The Hall–Kier alpha value is -1.72. The number of aromatic nitrogens is 1. The number of amides is 1. The highest BCUT2D eigenvalue weighted by Crippen LogP contribution is 2.26. The summed E-state index contributed by atoms with van der Waals surface area (Å²) in [5, 5.41) is 2.83. The molecule has 4 rings (SSSR count). The van der Waals surface area contributed by atoms with E-state index in [-0.39, 0.29) is 5.91 Å². The molecule has 0 radical (unpaired) electrons. The van der Waals surface area contributed by atoms with Gasteiger partial charge in [-0.2, -0.15) is 0 Å². The molecule has 1 unspecified atom stereocenters. The van der Waals surface area contributed by atoms with Crippen molar-refractivity contribution in [1.82, 2.24) is 14.8 Å². The lowest BCUT2D eigenvalue weighted by Crippen LogP contribution is -2.39. The second-order valence-corrected chi connectivity index (χ2v) is 7.20. The van der Waals surface area contributed by atoms with E-state index in [1.807, 2.05) is 40.6 Å². The molecule has 1 aromatic heterocycles. The van der Waals surface area contributed by atoms with Crippen LogP contribution in [0.3, 0.4) is 0 Å². The molecule has 1 amide bonds. The summed E-state index contributed by atoms with van der Waals surface area (Å²) in [6.45, 7) is 4.03. The Bertz CT molecular complexity index is 685. The summed E-state index contributed by atoms with van der Waals surface area (Å²) in [6, 6.07) is 10.6. The molecule has 3 heterocycles. The standard InChI is InChI=1S/C18H21N3OS/c22-18(21-11-5-10-20-9-4-8-15(20)12-21)16-13-23-17(19-16)14-6-2-1-3-7-14/h1-3,6-7,13,15H,4-5,8-12H2. The highest BCUT2D eigenvalue weighted by Gasteiger charge is 2.31. The van der Waals surface area contributed by atoms with Crippen molar-refractivity contribution in [2.45, 2.75) is 25.3 Å². The number of rotatable bonds is 2. The van der Waals surface area contributed by atoms with Crippen LogP contribution in [0.4, 0.5) is 0 Å². The van der Waals surface area contributed by atoms with Crippen LogP contribution in [0.1, 0.15) is 29.8 Å². The van der Waals surface area contributed by atoms with Gasteiger partial charge in [0.25, 0.3) is 5.91 Å². The van der Waals surface area contributed by atoms with Crippen LogP contribution in [0, 0.1) is 0 Å². The number of nitrogens with zero attached hydrogens (tertiary/aromatic N) is 3. The molecule has 0 bridgehead atoms. The minimum atomic E-state index is 0.0946. The number of fused-ring (bicyclic) bond motifs is 1. The van der Waals surface area contributed by atoms with Crippen LogP contribution >= 0.6 is 11.3 Å². The van der Waals surface area contributed by atoms with E-state index in [0.717, 1.165) is 36.6 Å². The first-order chi connectivity index (χ1) is 11.3. The summed E-state index contributed by atoms with van der Waals surface area (Å²) in [6.07, 6.45) is 3.55. The second kappa shape index (κ2) is 6.42. The largest absolute Gasteiger partial charge is 0.336 e. The van der Waals surface area contributed by atoms with E-state index >= 15 is 0 Å². The molecule has 0 N–H and O–H groups in total. The van der Waals surface area contributed by atoms with Gasteiger partial charge in [-0.25, -0.2) is 4.98 Å². The molecule has 2 fully saturated rings. The van der Waals surface area contributed by atoms with Crippen molar-refractivity contribution in [3.63, 3.8) is 0 Å². The van der Waals surface area contributed by atoms with Crippen molar-refractivity contribution in [2.75, 3.05) is 26.2 Å². The lowest BCUT2D eigenvalue weighted by molar-refractivity contribution is 0.0738. The first-order valence-corrected chi connectivity index (χ1v) is 9.23. The Morgan fingerprint density at radius 3 is 2.83 bits per heavy atom. The number of hydrogen-bond donors (Lipinski definition) is 0. The normalized spacial score (nSPS) is 21.9. The number of thiazole rings is 1. The number of carbonyl (C=O) groups is 1. The highest BCUT2D eigenvalue weighted by molar-refractivity contribution is 7.13. The number of benzene rings is 1. The first-order valence-electron chi connectivity index (χ1n) is 8.35. The van der Waals surface area contributed by atoms with E-state index in [4.69, 9.17) is 0 Å². The Balaban J connectivity index is 1.51. The van der Waals surface area contributed by atoms with Crippen LogP contribution in [0.2, 0.25) is 0 Å². The zero-order valence-corrected chi connectivity index (χ0v) is 14.0. The smallest absolute Gasteiger partial charge is 0.273 e. The predicted molar refractivity (Wildman–Crippen MR) is 92.7 cm³/mol. The van der Waals surface area contributed by atoms with Crippen molar-refractivity contribution in [3.05, 3.63) is 41.4 Å². The van der Waals surface area contributed by atoms with Crippen molar-refractivity contribution in [2.24, 2.45) is 0 Å². The topological polar surface area (TPSA) is 36.4 Å².